The number of unbranched alkanes of at least 4 members (excludes halogenated alkanes) is 5. The van der Waals surface area contributed by atoms with E-state index < -0.39 is 0 Å². The molecule has 2 nitrogen and oxygen atoms in total. The van der Waals surface area contributed by atoms with Crippen LogP contribution in [0.5, 0.6) is 0 Å². The zero-order chi connectivity index (χ0) is 11.9. The molecule has 0 amide bonds. The summed E-state index contributed by atoms with van der Waals surface area (Å²) in [4.78, 5) is 4.43. The van der Waals surface area contributed by atoms with E-state index >= 15 is 0 Å². The summed E-state index contributed by atoms with van der Waals surface area (Å²) in [6.45, 7) is 3.37. The molecule has 0 aliphatic rings. The first-order valence-corrected chi connectivity index (χ1v) is 6.81. The van der Waals surface area contributed by atoms with Gasteiger partial charge in [-0.1, -0.05) is 39.0 Å². The molecule has 2 rings (SSSR count). The van der Waals surface area contributed by atoms with Crippen LogP contribution in [0.2, 0.25) is 0 Å². The van der Waals surface area contributed by atoms with Crippen LogP contribution in [0, 0.1) is 0 Å². The predicted octanol–water partition coefficient (Wildman–Crippen LogP) is 4.40. The summed E-state index contributed by atoms with van der Waals surface area (Å²) in [5.41, 5.74) is 1.13. The molecule has 2 heterocycles. The average molecular weight is 230 g/mol. The van der Waals surface area contributed by atoms with E-state index in [9.17, 15) is 0 Å². The van der Waals surface area contributed by atoms with Gasteiger partial charge in [0.15, 0.2) is 0 Å². The van der Waals surface area contributed by atoms with Crippen molar-refractivity contribution in [3.63, 3.8) is 0 Å². The first kappa shape index (κ1) is 12.2. The lowest BCUT2D eigenvalue weighted by Crippen LogP contribution is -1.97. The molecule has 0 radical (unpaired) electrons. The molecule has 0 aliphatic carbocycles. The fourth-order valence-electron chi connectivity index (χ4n) is 2.26. The van der Waals surface area contributed by atoms with Crippen molar-refractivity contribution in [2.45, 2.75) is 52.0 Å². The van der Waals surface area contributed by atoms with E-state index in [1.54, 1.807) is 0 Å². The normalized spacial score (nSPS) is 11.1. The Morgan fingerprint density at radius 1 is 1.06 bits per heavy atom. The quantitative estimate of drug-likeness (QED) is 0.645. The van der Waals surface area contributed by atoms with Crippen molar-refractivity contribution in [3.05, 3.63) is 30.6 Å². The van der Waals surface area contributed by atoms with Crippen LogP contribution in [0.1, 0.15) is 45.4 Å². The number of aryl methyl sites for hydroxylation is 1. The zero-order valence-electron chi connectivity index (χ0n) is 10.7. The molecule has 17 heavy (non-hydrogen) atoms. The summed E-state index contributed by atoms with van der Waals surface area (Å²) in [5.74, 6) is 0. The average Bonchev–Trinajstić information content (AvgIpc) is 2.77. The lowest BCUT2D eigenvalue weighted by Gasteiger charge is -2.04. The van der Waals surface area contributed by atoms with Crippen LogP contribution < -0.4 is 0 Å². The minimum Gasteiger partial charge on any atom is -0.333 e. The molecule has 0 saturated heterocycles. The van der Waals surface area contributed by atoms with Crippen LogP contribution in [-0.2, 0) is 6.54 Å². The van der Waals surface area contributed by atoms with E-state index in [4.69, 9.17) is 0 Å². The molecule has 0 atom stereocenters. The third-order valence-electron chi connectivity index (χ3n) is 3.28. The SMILES string of the molecule is CCCCCCCCn1ccc2cccnc21. The minimum absolute atomic E-state index is 1.10. The van der Waals surface area contributed by atoms with E-state index in [1.165, 1.54) is 43.9 Å². The molecule has 0 aliphatic heterocycles. The van der Waals surface area contributed by atoms with Gasteiger partial charge >= 0.3 is 0 Å². The number of nitrogens with zero attached hydrogens (tertiary/aromatic N) is 2. The van der Waals surface area contributed by atoms with E-state index in [0.29, 0.717) is 0 Å². The maximum Gasteiger partial charge on any atom is 0.139 e. The number of hydrogen-bond donors (Lipinski definition) is 0. The van der Waals surface area contributed by atoms with Crippen LogP contribution in [0.15, 0.2) is 30.6 Å². The van der Waals surface area contributed by atoms with E-state index in [-0.39, 0.29) is 0 Å². The maximum atomic E-state index is 4.43. The molecule has 0 unspecified atom stereocenters. The van der Waals surface area contributed by atoms with Crippen LogP contribution in [0.25, 0.3) is 11.0 Å². The highest BCUT2D eigenvalue weighted by atomic mass is 15.0. The summed E-state index contributed by atoms with van der Waals surface area (Å²) >= 11 is 0. The molecule has 0 fully saturated rings. The Bertz CT molecular complexity index is 445. The van der Waals surface area contributed by atoms with Gasteiger partial charge < -0.3 is 4.57 Å². The minimum atomic E-state index is 1.10. The van der Waals surface area contributed by atoms with Gasteiger partial charge in [0.25, 0.3) is 0 Å². The molecule has 0 saturated carbocycles. The van der Waals surface area contributed by atoms with Crippen molar-refractivity contribution in [1.29, 1.82) is 0 Å². The summed E-state index contributed by atoms with van der Waals surface area (Å²) in [7, 11) is 0. The Balaban J connectivity index is 1.79. The second-order valence-corrected chi connectivity index (χ2v) is 4.69. The molecule has 2 aromatic rings. The second kappa shape index (κ2) is 6.43. The lowest BCUT2D eigenvalue weighted by molar-refractivity contribution is 0.564. The number of hydrogen-bond acceptors (Lipinski definition) is 1. The van der Waals surface area contributed by atoms with Gasteiger partial charge in [-0.3, -0.25) is 0 Å². The third-order valence-corrected chi connectivity index (χ3v) is 3.28. The Kier molecular flexibility index (Phi) is 4.60. The molecular weight excluding hydrogens is 208 g/mol. The smallest absolute Gasteiger partial charge is 0.139 e. The highest BCUT2D eigenvalue weighted by Gasteiger charge is 2.00. The van der Waals surface area contributed by atoms with Gasteiger partial charge in [0.1, 0.15) is 5.65 Å². The molecule has 0 N–H and O–H groups in total. The van der Waals surface area contributed by atoms with Gasteiger partial charge in [-0.15, -0.1) is 0 Å². The first-order valence-electron chi connectivity index (χ1n) is 6.81. The molecule has 0 bridgehead atoms. The van der Waals surface area contributed by atoms with Crippen LogP contribution >= 0.6 is 0 Å². The van der Waals surface area contributed by atoms with Crippen LogP contribution in [0.3, 0.4) is 0 Å². The number of rotatable bonds is 7. The fraction of sp³-hybridized carbons (Fsp3) is 0.533. The number of fused-ring (bicyclic) bond motifs is 1. The van der Waals surface area contributed by atoms with Crippen molar-refractivity contribution in [1.82, 2.24) is 9.55 Å². The van der Waals surface area contributed by atoms with E-state index in [1.807, 2.05) is 12.3 Å². The second-order valence-electron chi connectivity index (χ2n) is 4.69. The van der Waals surface area contributed by atoms with Gasteiger partial charge in [-0.05, 0) is 24.6 Å². The Labute approximate surface area is 104 Å². The predicted molar refractivity (Wildman–Crippen MR) is 73.1 cm³/mol. The third kappa shape index (κ3) is 3.32. The fourth-order valence-corrected chi connectivity index (χ4v) is 2.26. The van der Waals surface area contributed by atoms with Crippen molar-refractivity contribution < 1.29 is 0 Å². The topological polar surface area (TPSA) is 17.8 Å². The van der Waals surface area contributed by atoms with Gasteiger partial charge in [-0.25, -0.2) is 4.98 Å². The molecule has 92 valence electrons. The van der Waals surface area contributed by atoms with Crippen molar-refractivity contribution in [2.24, 2.45) is 0 Å². The number of aromatic nitrogens is 2. The van der Waals surface area contributed by atoms with Gasteiger partial charge in [0.05, 0.1) is 0 Å². The molecule has 0 aromatic carbocycles. The Morgan fingerprint density at radius 3 is 2.76 bits per heavy atom. The molecule has 2 aromatic heterocycles. The highest BCUT2D eigenvalue weighted by molar-refractivity contribution is 5.75. The molecule has 0 spiro atoms. The van der Waals surface area contributed by atoms with E-state index in [2.05, 4.69) is 34.8 Å². The van der Waals surface area contributed by atoms with Gasteiger partial charge in [0.2, 0.25) is 0 Å². The lowest BCUT2D eigenvalue weighted by atomic mass is 10.1. The Morgan fingerprint density at radius 2 is 1.88 bits per heavy atom. The number of pyridine rings is 1. The monoisotopic (exact) mass is 230 g/mol. The summed E-state index contributed by atoms with van der Waals surface area (Å²) in [5, 5.41) is 1.25. The standard InChI is InChI=1S/C15H22N2/c1-2-3-4-5-6-7-12-17-13-10-14-9-8-11-16-15(14)17/h8-11,13H,2-7,12H2,1H3. The van der Waals surface area contributed by atoms with Crippen molar-refractivity contribution in [2.75, 3.05) is 0 Å². The van der Waals surface area contributed by atoms with Gasteiger partial charge in [0, 0.05) is 24.3 Å². The maximum absolute atomic E-state index is 4.43. The van der Waals surface area contributed by atoms with Gasteiger partial charge in [-0.2, -0.15) is 0 Å². The van der Waals surface area contributed by atoms with Crippen molar-refractivity contribution in [3.8, 4) is 0 Å². The largest absolute Gasteiger partial charge is 0.333 e. The van der Waals surface area contributed by atoms with Crippen LogP contribution in [-0.4, -0.2) is 9.55 Å². The summed E-state index contributed by atoms with van der Waals surface area (Å²) < 4.78 is 2.27. The molecule has 2 heteroatoms. The Hall–Kier alpha value is -1.31. The zero-order valence-corrected chi connectivity index (χ0v) is 10.7. The van der Waals surface area contributed by atoms with Crippen molar-refractivity contribution >= 4 is 11.0 Å². The highest BCUT2D eigenvalue weighted by Crippen LogP contribution is 2.14. The first-order chi connectivity index (χ1) is 8.42. The van der Waals surface area contributed by atoms with E-state index in [0.717, 1.165) is 12.2 Å². The summed E-state index contributed by atoms with van der Waals surface area (Å²) in [6, 6.07) is 6.27. The summed E-state index contributed by atoms with van der Waals surface area (Å²) in [6.07, 6.45) is 12.1. The molecular formula is C15H22N2. The van der Waals surface area contributed by atoms with Crippen LogP contribution in [0.4, 0.5) is 0 Å².